The molecule has 300 valence electrons. The quantitative estimate of drug-likeness (QED) is 0.0675. The monoisotopic (exact) mass is 751 g/mol. The molecule has 1 aromatic heterocycles. The predicted octanol–water partition coefficient (Wildman–Crippen LogP) is 4.96. The van der Waals surface area contributed by atoms with Gasteiger partial charge in [-0.25, -0.2) is 9.48 Å². The maximum Gasteiger partial charge on any atom is 0.326 e. The lowest BCUT2D eigenvalue weighted by atomic mass is 9.33. The first-order chi connectivity index (χ1) is 25.3. The summed E-state index contributed by atoms with van der Waals surface area (Å²) in [6.07, 6.45) is 13.1. The van der Waals surface area contributed by atoms with E-state index in [2.05, 4.69) is 75.2 Å². The number of allylic oxidation sites excluding steroid dienone is 2. The Morgan fingerprint density at radius 3 is 2.48 bits per heavy atom. The number of carbonyl (C=O) groups excluding carboxylic acids is 2. The first-order valence-electron chi connectivity index (χ1n) is 20.3. The number of esters is 1. The summed E-state index contributed by atoms with van der Waals surface area (Å²) in [5, 5.41) is 31.4. The molecule has 0 aromatic carbocycles. The van der Waals surface area contributed by atoms with E-state index < -0.39 is 23.3 Å². The largest absolute Gasteiger partial charge is 0.480 e. The van der Waals surface area contributed by atoms with Gasteiger partial charge in [0.15, 0.2) is 5.96 Å². The van der Waals surface area contributed by atoms with Crippen LogP contribution in [-0.4, -0.2) is 67.7 Å². The van der Waals surface area contributed by atoms with Crippen LogP contribution in [0.25, 0.3) is 0 Å². The van der Waals surface area contributed by atoms with Gasteiger partial charge in [0, 0.05) is 6.54 Å². The molecule has 11 atom stereocenters. The van der Waals surface area contributed by atoms with E-state index in [1.165, 1.54) is 10.3 Å². The summed E-state index contributed by atoms with van der Waals surface area (Å²) in [6.45, 7) is 16.8. The number of aliphatic carboxylic acids is 1. The number of aliphatic hydroxyl groups is 1. The molecule has 4 saturated carbocycles. The summed E-state index contributed by atoms with van der Waals surface area (Å²) in [6, 6.07) is -1.10. The number of carboxylic acids is 1. The molecular weight excluding hydrogens is 686 g/mol. The lowest BCUT2D eigenvalue weighted by Crippen LogP contribution is -2.65. The Labute approximate surface area is 320 Å². The molecule has 13 nitrogen and oxygen atoms in total. The molecule has 1 aromatic rings. The first kappa shape index (κ1) is 40.2. The molecule has 0 saturated heterocycles. The number of nitrogens with zero attached hydrogens (tertiary/aromatic N) is 4. The Bertz CT molecular complexity index is 1670. The number of carbonyl (C=O) groups is 3. The highest BCUT2D eigenvalue weighted by Gasteiger charge is 2.69. The minimum Gasteiger partial charge on any atom is -0.480 e. The maximum atomic E-state index is 14.5. The number of rotatable bonds is 11. The molecular formula is C41H65N7O6. The Hall–Kier alpha value is -3.48. The second-order valence-electron chi connectivity index (χ2n) is 19.1. The van der Waals surface area contributed by atoms with Gasteiger partial charge >= 0.3 is 11.9 Å². The van der Waals surface area contributed by atoms with Crippen LogP contribution in [0, 0.1) is 56.7 Å². The van der Waals surface area contributed by atoms with Crippen molar-refractivity contribution in [2.75, 3.05) is 6.54 Å². The van der Waals surface area contributed by atoms with Gasteiger partial charge in [-0.3, -0.25) is 14.6 Å². The van der Waals surface area contributed by atoms with Gasteiger partial charge in [0.05, 0.1) is 17.7 Å². The van der Waals surface area contributed by atoms with Crippen LogP contribution in [-0.2, 0) is 32.3 Å². The molecule has 1 heterocycles. The van der Waals surface area contributed by atoms with Crippen molar-refractivity contribution in [3.63, 3.8) is 0 Å². The van der Waals surface area contributed by atoms with Crippen LogP contribution in [0.5, 0.6) is 0 Å². The number of carboxylic acid groups (broad SMARTS) is 1. The number of hydrogen-bond acceptors (Lipinski definition) is 8. The number of ether oxygens (including phenoxy) is 1. The highest BCUT2D eigenvalue weighted by Crippen LogP contribution is 2.75. The molecule has 13 heteroatoms. The topological polar surface area (TPSA) is 208 Å². The Morgan fingerprint density at radius 2 is 1.78 bits per heavy atom. The molecule has 0 aliphatic heterocycles. The summed E-state index contributed by atoms with van der Waals surface area (Å²) >= 11 is 0. The van der Waals surface area contributed by atoms with Crippen LogP contribution >= 0.6 is 0 Å². The molecule has 1 amide bonds. The van der Waals surface area contributed by atoms with Crippen LogP contribution in [0.2, 0.25) is 0 Å². The zero-order chi connectivity index (χ0) is 39.4. The predicted molar refractivity (Wildman–Crippen MR) is 204 cm³/mol. The van der Waals surface area contributed by atoms with E-state index in [-0.39, 0.29) is 71.7 Å². The fraction of sp³-hybridized carbons (Fsp3) is 0.805. The van der Waals surface area contributed by atoms with Crippen LogP contribution in [0.1, 0.15) is 125 Å². The zero-order valence-electron chi connectivity index (χ0n) is 33.6. The van der Waals surface area contributed by atoms with Crippen molar-refractivity contribution >= 4 is 23.8 Å². The van der Waals surface area contributed by atoms with E-state index in [9.17, 15) is 24.6 Å². The normalized spacial score (nSPS) is 38.6. The average molecular weight is 752 g/mol. The number of fused-ring (bicyclic) bond motifs is 7. The van der Waals surface area contributed by atoms with Crippen molar-refractivity contribution in [2.24, 2.45) is 73.1 Å². The van der Waals surface area contributed by atoms with Crippen LogP contribution in [0.15, 0.2) is 22.8 Å². The molecule has 5 aliphatic carbocycles. The van der Waals surface area contributed by atoms with Crippen molar-refractivity contribution in [1.82, 2.24) is 20.3 Å². The summed E-state index contributed by atoms with van der Waals surface area (Å²) in [5.41, 5.74) is 12.1. The second-order valence-corrected chi connectivity index (χ2v) is 19.1. The third-order valence-corrected chi connectivity index (χ3v) is 16.2. The SMILES string of the molecule is C[C@H]1[C@H](C)CC[C@]2(C(=O)OCc3cn(CC(=O)N[C@@H](CCCN=C(N)N)C(=O)O)nn3)CC[C@]3(C)C(=CC[C@@H]4[C@@]5(C)CC[C@H](O)C(C)(C)[C@@H]5CC[C@]43C)[C@H]12. The lowest BCUT2D eigenvalue weighted by molar-refractivity contribution is -0.207. The zero-order valence-corrected chi connectivity index (χ0v) is 33.6. The van der Waals surface area contributed by atoms with Gasteiger partial charge in [0.1, 0.15) is 24.9 Å². The Morgan fingerprint density at radius 1 is 1.04 bits per heavy atom. The van der Waals surface area contributed by atoms with E-state index >= 15 is 0 Å². The number of nitrogens with one attached hydrogen (secondary N) is 1. The molecule has 0 spiro atoms. The fourth-order valence-electron chi connectivity index (χ4n) is 12.7. The van der Waals surface area contributed by atoms with E-state index in [1.807, 2.05) is 0 Å². The number of aliphatic imine (C=N–C) groups is 1. The number of nitrogens with two attached hydrogens (primary N) is 2. The number of guanidine groups is 1. The van der Waals surface area contributed by atoms with Crippen LogP contribution in [0.4, 0.5) is 0 Å². The van der Waals surface area contributed by atoms with E-state index in [4.69, 9.17) is 16.2 Å². The minimum absolute atomic E-state index is 0.0286. The molecule has 0 bridgehead atoms. The molecule has 4 fully saturated rings. The standard InChI is InChI=1S/C41H65N7O6/c1-24-12-17-41(35(53)54-23-26-21-48(47-46-26)22-32(50)45-28(34(51)52)9-8-20-44-36(42)43)19-18-39(6)27(33(41)25(24)2)10-11-30-38(5)15-14-31(49)37(3,4)29(38)13-16-40(30,39)7/h10,21,24-25,28-31,33,49H,8-9,11-20,22-23H2,1-7H3,(H,45,50)(H,51,52)(H4,42,43,44)/t24-,25+,28+,29+,30-,31+,33+,38+,39-,40-,41+/m1/s1. The highest BCUT2D eigenvalue weighted by molar-refractivity contribution is 5.83. The number of amides is 1. The van der Waals surface area contributed by atoms with Crippen LogP contribution in [0.3, 0.4) is 0 Å². The minimum atomic E-state index is -1.15. The molecule has 54 heavy (non-hydrogen) atoms. The second kappa shape index (κ2) is 14.5. The van der Waals surface area contributed by atoms with Gasteiger partial charge in [-0.15, -0.1) is 5.10 Å². The van der Waals surface area contributed by atoms with Gasteiger partial charge < -0.3 is 31.7 Å². The van der Waals surface area contributed by atoms with E-state index in [1.54, 1.807) is 6.20 Å². The molecule has 5 aliphatic rings. The van der Waals surface area contributed by atoms with Gasteiger partial charge in [-0.2, -0.15) is 0 Å². The smallest absolute Gasteiger partial charge is 0.326 e. The summed E-state index contributed by atoms with van der Waals surface area (Å²) in [5.74, 6) is -0.000554. The average Bonchev–Trinajstić information content (AvgIpc) is 3.55. The lowest BCUT2D eigenvalue weighted by Gasteiger charge is -2.71. The highest BCUT2D eigenvalue weighted by atomic mass is 16.5. The molecule has 0 unspecified atom stereocenters. The van der Waals surface area contributed by atoms with Gasteiger partial charge in [0.25, 0.3) is 0 Å². The molecule has 0 radical (unpaired) electrons. The summed E-state index contributed by atoms with van der Waals surface area (Å²) in [7, 11) is 0. The summed E-state index contributed by atoms with van der Waals surface area (Å²) in [4.78, 5) is 42.8. The molecule has 6 rings (SSSR count). The van der Waals surface area contributed by atoms with Crippen LogP contribution < -0.4 is 16.8 Å². The Kier molecular flexibility index (Phi) is 10.8. The third kappa shape index (κ3) is 6.63. The third-order valence-electron chi connectivity index (χ3n) is 16.2. The molecule has 7 N–H and O–H groups in total. The van der Waals surface area contributed by atoms with Gasteiger partial charge in [0.2, 0.25) is 5.91 Å². The van der Waals surface area contributed by atoms with E-state index in [0.717, 1.165) is 57.8 Å². The van der Waals surface area contributed by atoms with Crippen molar-refractivity contribution in [3.05, 3.63) is 23.5 Å². The van der Waals surface area contributed by atoms with Crippen molar-refractivity contribution in [1.29, 1.82) is 0 Å². The van der Waals surface area contributed by atoms with Gasteiger partial charge in [-0.1, -0.05) is 65.3 Å². The number of aromatic nitrogens is 3. The Balaban J connectivity index is 1.16. The fourth-order valence-corrected chi connectivity index (χ4v) is 12.7. The van der Waals surface area contributed by atoms with Gasteiger partial charge in [-0.05, 0) is 122 Å². The maximum absolute atomic E-state index is 14.5. The van der Waals surface area contributed by atoms with E-state index in [0.29, 0.717) is 35.8 Å². The van der Waals surface area contributed by atoms with Crippen molar-refractivity contribution in [3.8, 4) is 0 Å². The summed E-state index contributed by atoms with van der Waals surface area (Å²) < 4.78 is 7.47. The van der Waals surface area contributed by atoms with Crippen molar-refractivity contribution in [2.45, 2.75) is 144 Å². The van der Waals surface area contributed by atoms with Crippen molar-refractivity contribution < 1.29 is 29.3 Å². The number of hydrogen-bond donors (Lipinski definition) is 5. The number of aliphatic hydroxyl groups excluding tert-OH is 1. The first-order valence-corrected chi connectivity index (χ1v) is 20.3.